The van der Waals surface area contributed by atoms with E-state index in [-0.39, 0.29) is 12.2 Å². The quantitative estimate of drug-likeness (QED) is 0.562. The number of benzene rings is 2. The maximum Gasteiger partial charge on any atom is 0.340 e. The zero-order valence-electron chi connectivity index (χ0n) is 14.2. The van der Waals surface area contributed by atoms with Crippen LogP contribution in [0, 0.1) is 6.92 Å². The van der Waals surface area contributed by atoms with Crippen LogP contribution in [0.3, 0.4) is 0 Å². The van der Waals surface area contributed by atoms with E-state index in [1.807, 2.05) is 60.7 Å². The summed E-state index contributed by atoms with van der Waals surface area (Å²) in [6.07, 6.45) is 0.234. The van der Waals surface area contributed by atoms with E-state index in [4.69, 9.17) is 4.74 Å². The number of carbonyl (C=O) groups is 2. The van der Waals surface area contributed by atoms with Crippen LogP contribution in [0.15, 0.2) is 60.7 Å². The van der Waals surface area contributed by atoms with Gasteiger partial charge in [0.2, 0.25) is 0 Å². The molecule has 4 nitrogen and oxygen atoms in total. The van der Waals surface area contributed by atoms with Crippen molar-refractivity contribution in [2.75, 3.05) is 7.11 Å². The third-order valence-electron chi connectivity index (χ3n) is 4.13. The number of hydrogen-bond donors (Lipinski definition) is 1. The molecule has 126 valence electrons. The molecule has 0 aliphatic heterocycles. The molecule has 0 spiro atoms. The average molecular weight is 333 g/mol. The van der Waals surface area contributed by atoms with Crippen molar-refractivity contribution < 1.29 is 14.3 Å². The molecule has 0 radical (unpaired) electrons. The summed E-state index contributed by atoms with van der Waals surface area (Å²) in [7, 11) is 1.32. The molecule has 1 aromatic heterocycles. The zero-order chi connectivity index (χ0) is 17.8. The summed E-state index contributed by atoms with van der Waals surface area (Å²) >= 11 is 0. The smallest absolute Gasteiger partial charge is 0.340 e. The second kappa shape index (κ2) is 7.18. The first-order chi connectivity index (χ1) is 12.1. The van der Waals surface area contributed by atoms with Crippen molar-refractivity contribution in [1.29, 1.82) is 0 Å². The highest BCUT2D eigenvalue weighted by Gasteiger charge is 2.27. The molecule has 0 aliphatic rings. The molecule has 3 rings (SSSR count). The Morgan fingerprint density at radius 1 is 0.920 bits per heavy atom. The minimum absolute atomic E-state index is 0.109. The van der Waals surface area contributed by atoms with Crippen LogP contribution >= 0.6 is 0 Å². The third-order valence-corrected chi connectivity index (χ3v) is 4.13. The van der Waals surface area contributed by atoms with Gasteiger partial charge in [0.25, 0.3) is 0 Å². The number of carbonyl (C=O) groups excluding carboxylic acids is 2. The van der Waals surface area contributed by atoms with Crippen LogP contribution in [0.4, 0.5) is 0 Å². The number of H-pyrrole nitrogens is 1. The molecule has 0 atom stereocenters. The van der Waals surface area contributed by atoms with Crippen molar-refractivity contribution in [2.24, 2.45) is 0 Å². The molecule has 0 aliphatic carbocycles. The van der Waals surface area contributed by atoms with E-state index in [0.29, 0.717) is 22.5 Å². The first-order valence-corrected chi connectivity index (χ1v) is 8.05. The fourth-order valence-corrected chi connectivity index (χ4v) is 2.97. The van der Waals surface area contributed by atoms with E-state index >= 15 is 0 Å². The fourth-order valence-electron chi connectivity index (χ4n) is 2.97. The normalized spacial score (nSPS) is 10.5. The summed E-state index contributed by atoms with van der Waals surface area (Å²) in [5, 5.41) is 0. The van der Waals surface area contributed by atoms with Gasteiger partial charge in [-0.15, -0.1) is 0 Å². The van der Waals surface area contributed by atoms with Gasteiger partial charge in [0.1, 0.15) is 0 Å². The lowest BCUT2D eigenvalue weighted by Crippen LogP contribution is -2.12. The van der Waals surface area contributed by atoms with Crippen molar-refractivity contribution in [3.63, 3.8) is 0 Å². The zero-order valence-corrected chi connectivity index (χ0v) is 14.2. The number of aryl methyl sites for hydroxylation is 1. The number of methoxy groups -OCH3 is 1. The first kappa shape index (κ1) is 16.7. The highest BCUT2D eigenvalue weighted by Crippen LogP contribution is 2.29. The van der Waals surface area contributed by atoms with Gasteiger partial charge >= 0.3 is 5.97 Å². The van der Waals surface area contributed by atoms with Gasteiger partial charge in [-0.2, -0.15) is 0 Å². The standard InChI is InChI=1S/C21H19NO3/c1-14-18(17(23)13-15-9-5-3-6-10-15)19(21(24)25-2)20(22-14)16-11-7-4-8-12-16/h3-12,22H,13H2,1-2H3. The van der Waals surface area contributed by atoms with E-state index in [1.54, 1.807) is 6.92 Å². The topological polar surface area (TPSA) is 59.2 Å². The number of esters is 1. The highest BCUT2D eigenvalue weighted by atomic mass is 16.5. The van der Waals surface area contributed by atoms with Crippen molar-refractivity contribution >= 4 is 11.8 Å². The second-order valence-corrected chi connectivity index (χ2v) is 5.82. The molecule has 4 heteroatoms. The maximum atomic E-state index is 12.9. The number of nitrogens with one attached hydrogen (secondary N) is 1. The maximum absolute atomic E-state index is 12.9. The van der Waals surface area contributed by atoms with Crippen molar-refractivity contribution in [3.8, 4) is 11.3 Å². The number of aromatic amines is 1. The molecule has 0 saturated carbocycles. The Morgan fingerprint density at radius 2 is 1.52 bits per heavy atom. The fraction of sp³-hybridized carbons (Fsp3) is 0.143. The van der Waals surface area contributed by atoms with Gasteiger partial charge in [0.05, 0.1) is 23.9 Å². The first-order valence-electron chi connectivity index (χ1n) is 8.05. The van der Waals surface area contributed by atoms with Crippen molar-refractivity contribution in [3.05, 3.63) is 83.0 Å². The Labute approximate surface area is 146 Å². The third kappa shape index (κ3) is 3.38. The minimum atomic E-state index is -0.514. The van der Waals surface area contributed by atoms with Crippen LogP contribution in [0.25, 0.3) is 11.3 Å². The Hall–Kier alpha value is -3.14. The van der Waals surface area contributed by atoms with Gasteiger partial charge in [-0.3, -0.25) is 4.79 Å². The molecular weight excluding hydrogens is 314 g/mol. The number of aromatic nitrogens is 1. The van der Waals surface area contributed by atoms with E-state index in [9.17, 15) is 9.59 Å². The van der Waals surface area contributed by atoms with Crippen molar-refractivity contribution in [1.82, 2.24) is 4.98 Å². The monoisotopic (exact) mass is 333 g/mol. The molecular formula is C21H19NO3. The molecule has 0 bridgehead atoms. The Kier molecular flexibility index (Phi) is 4.80. The minimum Gasteiger partial charge on any atom is -0.465 e. The van der Waals surface area contributed by atoms with Gasteiger partial charge < -0.3 is 9.72 Å². The van der Waals surface area contributed by atoms with Crippen molar-refractivity contribution in [2.45, 2.75) is 13.3 Å². The van der Waals surface area contributed by atoms with Gasteiger partial charge in [-0.1, -0.05) is 60.7 Å². The molecule has 0 saturated heterocycles. The molecule has 0 fully saturated rings. The van der Waals surface area contributed by atoms with Crippen LogP contribution in [0.1, 0.15) is 32.0 Å². The number of hydrogen-bond acceptors (Lipinski definition) is 3. The van der Waals surface area contributed by atoms with Gasteiger partial charge in [0, 0.05) is 12.1 Å². The Bertz CT molecular complexity index is 896. The van der Waals surface area contributed by atoms with Crippen LogP contribution in [0.5, 0.6) is 0 Å². The van der Waals surface area contributed by atoms with Crippen LogP contribution in [-0.2, 0) is 11.2 Å². The SMILES string of the molecule is COC(=O)c1c(-c2ccccc2)[nH]c(C)c1C(=O)Cc1ccccc1. The van der Waals surface area contributed by atoms with Crippen LogP contribution in [0.2, 0.25) is 0 Å². The van der Waals surface area contributed by atoms with Gasteiger partial charge in [0.15, 0.2) is 5.78 Å². The lowest BCUT2D eigenvalue weighted by molar-refractivity contribution is 0.0598. The molecule has 25 heavy (non-hydrogen) atoms. The molecule has 0 amide bonds. The summed E-state index contributed by atoms with van der Waals surface area (Å²) in [5.74, 6) is -0.623. The molecule has 0 unspecified atom stereocenters. The summed E-state index contributed by atoms with van der Waals surface area (Å²) in [4.78, 5) is 28.5. The Balaban J connectivity index is 2.08. The summed E-state index contributed by atoms with van der Waals surface area (Å²) in [6.45, 7) is 1.80. The summed E-state index contributed by atoms with van der Waals surface area (Å²) in [5.41, 5.74) is 3.72. The largest absolute Gasteiger partial charge is 0.465 e. The van der Waals surface area contributed by atoms with E-state index < -0.39 is 5.97 Å². The van der Waals surface area contributed by atoms with Crippen LogP contribution < -0.4 is 0 Å². The number of ketones is 1. The van der Waals surface area contributed by atoms with Crippen LogP contribution in [-0.4, -0.2) is 23.8 Å². The highest BCUT2D eigenvalue weighted by molar-refractivity contribution is 6.11. The lowest BCUT2D eigenvalue weighted by atomic mass is 9.97. The predicted octanol–water partition coefficient (Wildman–Crippen LogP) is 4.20. The number of Topliss-reactive ketones (excluding diaryl/α,β-unsaturated/α-hetero) is 1. The molecule has 1 N–H and O–H groups in total. The second-order valence-electron chi connectivity index (χ2n) is 5.82. The predicted molar refractivity (Wildman–Crippen MR) is 96.8 cm³/mol. The molecule has 1 heterocycles. The van der Waals surface area contributed by atoms with E-state index in [0.717, 1.165) is 11.1 Å². The number of ether oxygens (including phenoxy) is 1. The Morgan fingerprint density at radius 3 is 2.12 bits per heavy atom. The van der Waals surface area contributed by atoms with Gasteiger partial charge in [-0.25, -0.2) is 4.79 Å². The van der Waals surface area contributed by atoms with Gasteiger partial charge in [-0.05, 0) is 18.1 Å². The summed E-state index contributed by atoms with van der Waals surface area (Å²) in [6, 6.07) is 18.9. The lowest BCUT2D eigenvalue weighted by Gasteiger charge is -2.06. The van der Waals surface area contributed by atoms with E-state index in [1.165, 1.54) is 7.11 Å². The molecule has 2 aromatic carbocycles. The molecule has 3 aromatic rings. The summed E-state index contributed by atoms with van der Waals surface area (Å²) < 4.78 is 4.94. The number of rotatable bonds is 5. The van der Waals surface area contributed by atoms with E-state index in [2.05, 4.69) is 4.98 Å². The average Bonchev–Trinajstić information content (AvgIpc) is 3.00.